The molecule has 1 aromatic carbocycles. The number of carbonyl (C=O) groups excluding carboxylic acids is 1. The topological polar surface area (TPSA) is 118 Å². The van der Waals surface area contributed by atoms with E-state index in [2.05, 4.69) is 10.3 Å². The van der Waals surface area contributed by atoms with E-state index in [4.69, 9.17) is 0 Å². The molecule has 1 aliphatic heterocycles. The molecule has 0 spiro atoms. The van der Waals surface area contributed by atoms with Gasteiger partial charge in [-0.05, 0) is 37.0 Å². The molecule has 0 radical (unpaired) electrons. The summed E-state index contributed by atoms with van der Waals surface area (Å²) in [5.41, 5.74) is -0.482. The lowest BCUT2D eigenvalue weighted by atomic mass is 10.2. The molecule has 29 heavy (non-hydrogen) atoms. The Morgan fingerprint density at radius 1 is 1.17 bits per heavy atom. The Bertz CT molecular complexity index is 1060. The third-order valence-corrected chi connectivity index (χ3v) is 6.57. The minimum absolute atomic E-state index is 0.0421. The number of fused-ring (bicyclic) bond motifs is 1. The monoisotopic (exact) mass is 423 g/mol. The van der Waals surface area contributed by atoms with Crippen molar-refractivity contribution in [2.75, 3.05) is 11.5 Å². The van der Waals surface area contributed by atoms with E-state index in [1.54, 1.807) is 0 Å². The molecule has 1 aromatic heterocycles. The standard InChI is InChI=1S/C19H22FN3O5S/c20-14-7-5-13(6-8-14)12-21-18(25)16-17(24)19(26)23-9-3-11-29(27,28)10-2-1-4-15(23)22-16/h5-8,24H,1-4,9-12H2,(H,21,25). The normalized spacial score (nSPS) is 16.6. The fraction of sp³-hybridized carbons (Fsp3) is 0.421. The maximum atomic E-state index is 13.0. The number of hydrogen-bond acceptors (Lipinski definition) is 6. The molecule has 0 fully saturated rings. The van der Waals surface area contributed by atoms with Gasteiger partial charge in [-0.2, -0.15) is 0 Å². The molecule has 0 bridgehead atoms. The number of sulfone groups is 1. The highest BCUT2D eigenvalue weighted by atomic mass is 32.2. The van der Waals surface area contributed by atoms with Crippen LogP contribution in [0.25, 0.3) is 0 Å². The van der Waals surface area contributed by atoms with E-state index >= 15 is 0 Å². The van der Waals surface area contributed by atoms with Crippen molar-refractivity contribution in [3.05, 3.63) is 57.5 Å². The second-order valence-corrected chi connectivity index (χ2v) is 9.26. The van der Waals surface area contributed by atoms with Crippen LogP contribution in [0, 0.1) is 5.82 Å². The van der Waals surface area contributed by atoms with Gasteiger partial charge in [-0.25, -0.2) is 17.8 Å². The van der Waals surface area contributed by atoms with Gasteiger partial charge in [0.2, 0.25) is 5.75 Å². The molecule has 2 N–H and O–H groups in total. The molecule has 0 aliphatic carbocycles. The van der Waals surface area contributed by atoms with Crippen LogP contribution in [0.5, 0.6) is 5.75 Å². The summed E-state index contributed by atoms with van der Waals surface area (Å²) in [7, 11) is -3.15. The molecular formula is C19H22FN3O5S. The Morgan fingerprint density at radius 3 is 2.59 bits per heavy atom. The predicted octanol–water partition coefficient (Wildman–Crippen LogP) is 1.16. The summed E-state index contributed by atoms with van der Waals surface area (Å²) in [5, 5.41) is 12.8. The number of benzene rings is 1. The van der Waals surface area contributed by atoms with Gasteiger partial charge >= 0.3 is 0 Å². The fourth-order valence-electron chi connectivity index (χ4n) is 3.19. The quantitative estimate of drug-likeness (QED) is 0.765. The van der Waals surface area contributed by atoms with Crippen LogP contribution >= 0.6 is 0 Å². The minimum Gasteiger partial charge on any atom is -0.501 e. The van der Waals surface area contributed by atoms with Gasteiger partial charge in [-0.15, -0.1) is 0 Å². The van der Waals surface area contributed by atoms with Gasteiger partial charge in [-0.3, -0.25) is 14.2 Å². The number of rotatable bonds is 3. The molecular weight excluding hydrogens is 401 g/mol. The summed E-state index contributed by atoms with van der Waals surface area (Å²) in [6.45, 7) is 0.182. The Labute approximate surface area is 167 Å². The Kier molecular flexibility index (Phi) is 6.31. The lowest BCUT2D eigenvalue weighted by Crippen LogP contribution is -2.32. The van der Waals surface area contributed by atoms with E-state index in [0.717, 1.165) is 0 Å². The van der Waals surface area contributed by atoms with Crippen molar-refractivity contribution in [1.82, 2.24) is 14.9 Å². The number of aromatic nitrogens is 2. The van der Waals surface area contributed by atoms with Crippen LogP contribution in [0.15, 0.2) is 29.1 Å². The van der Waals surface area contributed by atoms with Crippen molar-refractivity contribution < 1.29 is 22.7 Å². The zero-order valence-electron chi connectivity index (χ0n) is 15.7. The van der Waals surface area contributed by atoms with Crippen LogP contribution in [0.3, 0.4) is 0 Å². The number of aromatic hydroxyl groups is 1. The van der Waals surface area contributed by atoms with Gasteiger partial charge in [0.1, 0.15) is 21.5 Å². The summed E-state index contributed by atoms with van der Waals surface area (Å²) in [6, 6.07) is 5.55. The van der Waals surface area contributed by atoms with Crippen molar-refractivity contribution in [3.8, 4) is 5.75 Å². The second-order valence-electron chi connectivity index (χ2n) is 6.95. The number of amides is 1. The van der Waals surface area contributed by atoms with E-state index in [-0.39, 0.29) is 36.7 Å². The number of nitrogens with one attached hydrogen (secondary N) is 1. The summed E-state index contributed by atoms with van der Waals surface area (Å²) >= 11 is 0. The van der Waals surface area contributed by atoms with Crippen LogP contribution in [0.2, 0.25) is 0 Å². The van der Waals surface area contributed by atoms with Gasteiger partial charge in [0.25, 0.3) is 11.5 Å². The average Bonchev–Trinajstić information content (AvgIpc) is 2.68. The van der Waals surface area contributed by atoms with Crippen molar-refractivity contribution >= 4 is 15.7 Å². The number of halogens is 1. The maximum Gasteiger partial charge on any atom is 0.296 e. The number of hydrogen-bond donors (Lipinski definition) is 2. The van der Waals surface area contributed by atoms with Crippen molar-refractivity contribution in [2.45, 2.75) is 38.8 Å². The molecule has 0 saturated carbocycles. The summed E-state index contributed by atoms with van der Waals surface area (Å²) < 4.78 is 38.0. The summed E-state index contributed by atoms with van der Waals surface area (Å²) in [5.74, 6) is -1.50. The number of carbonyl (C=O) groups is 1. The molecule has 156 valence electrons. The Balaban J connectivity index is 1.83. The fourth-order valence-corrected chi connectivity index (χ4v) is 4.60. The first-order valence-corrected chi connectivity index (χ1v) is 11.1. The van der Waals surface area contributed by atoms with Crippen LogP contribution in [0.4, 0.5) is 4.39 Å². The van der Waals surface area contributed by atoms with Crippen molar-refractivity contribution in [3.63, 3.8) is 0 Å². The highest BCUT2D eigenvalue weighted by Gasteiger charge is 2.22. The van der Waals surface area contributed by atoms with E-state index in [0.29, 0.717) is 30.7 Å². The molecule has 3 rings (SSSR count). The smallest absolute Gasteiger partial charge is 0.296 e. The average molecular weight is 423 g/mol. The van der Waals surface area contributed by atoms with Gasteiger partial charge in [-0.1, -0.05) is 12.1 Å². The zero-order valence-corrected chi connectivity index (χ0v) is 16.5. The van der Waals surface area contributed by atoms with Crippen LogP contribution in [-0.4, -0.2) is 40.5 Å². The van der Waals surface area contributed by atoms with Gasteiger partial charge in [0.05, 0.1) is 11.5 Å². The highest BCUT2D eigenvalue weighted by Crippen LogP contribution is 2.15. The molecule has 2 aromatic rings. The molecule has 0 saturated heterocycles. The molecule has 2 heterocycles. The van der Waals surface area contributed by atoms with E-state index in [1.165, 1.54) is 28.8 Å². The zero-order chi connectivity index (χ0) is 21.0. The molecule has 1 aliphatic rings. The Morgan fingerprint density at radius 2 is 1.86 bits per heavy atom. The largest absolute Gasteiger partial charge is 0.501 e. The maximum absolute atomic E-state index is 13.0. The second kappa shape index (κ2) is 8.73. The molecule has 8 nitrogen and oxygen atoms in total. The molecule has 1 amide bonds. The van der Waals surface area contributed by atoms with Crippen LogP contribution < -0.4 is 10.9 Å². The minimum atomic E-state index is -3.15. The number of aryl methyl sites for hydroxylation is 1. The third kappa shape index (κ3) is 5.20. The molecule has 0 atom stereocenters. The lowest BCUT2D eigenvalue weighted by Gasteiger charge is -2.16. The molecule has 10 heteroatoms. The van der Waals surface area contributed by atoms with Gasteiger partial charge in [0, 0.05) is 19.5 Å². The first kappa shape index (κ1) is 21.0. The number of nitrogens with zero attached hydrogens (tertiary/aromatic N) is 2. The summed E-state index contributed by atoms with van der Waals surface area (Å²) in [6.07, 6.45) is 1.48. The lowest BCUT2D eigenvalue weighted by molar-refractivity contribution is 0.0941. The van der Waals surface area contributed by atoms with Crippen molar-refractivity contribution in [2.24, 2.45) is 0 Å². The van der Waals surface area contributed by atoms with Crippen molar-refractivity contribution in [1.29, 1.82) is 0 Å². The van der Waals surface area contributed by atoms with Gasteiger partial charge < -0.3 is 10.4 Å². The van der Waals surface area contributed by atoms with E-state index < -0.39 is 32.9 Å². The SMILES string of the molecule is O=C(NCc1ccc(F)cc1)c1nc2n(c(=O)c1O)CCCS(=O)(=O)CCCC2. The van der Waals surface area contributed by atoms with Gasteiger partial charge in [0.15, 0.2) is 5.69 Å². The van der Waals surface area contributed by atoms with E-state index in [9.17, 15) is 27.5 Å². The first-order chi connectivity index (χ1) is 13.8. The first-order valence-electron chi connectivity index (χ1n) is 9.32. The highest BCUT2D eigenvalue weighted by molar-refractivity contribution is 7.91. The summed E-state index contributed by atoms with van der Waals surface area (Å²) in [4.78, 5) is 29.2. The van der Waals surface area contributed by atoms with Crippen LogP contribution in [0.1, 0.15) is 41.1 Å². The van der Waals surface area contributed by atoms with Crippen LogP contribution in [-0.2, 0) is 29.3 Å². The van der Waals surface area contributed by atoms with E-state index in [1.807, 2.05) is 0 Å². The predicted molar refractivity (Wildman–Crippen MR) is 104 cm³/mol. The molecule has 0 unspecified atom stereocenters. The Hall–Kier alpha value is -2.75. The third-order valence-electron chi connectivity index (χ3n) is 4.75.